The van der Waals surface area contributed by atoms with E-state index in [4.69, 9.17) is 10.00 Å². The van der Waals surface area contributed by atoms with E-state index in [0.717, 1.165) is 18.6 Å². The lowest BCUT2D eigenvalue weighted by atomic mass is 10.1. The molecule has 5 heteroatoms. The molecule has 0 fully saturated rings. The Morgan fingerprint density at radius 3 is 2.84 bits per heavy atom. The lowest BCUT2D eigenvalue weighted by molar-refractivity contribution is -0.138. The quantitative estimate of drug-likeness (QED) is 0.355. The Morgan fingerprint density at radius 1 is 1.47 bits per heavy atom. The van der Waals surface area contributed by atoms with Gasteiger partial charge >= 0.3 is 5.97 Å². The molecule has 0 radical (unpaired) electrons. The Morgan fingerprint density at radius 2 is 2.21 bits per heavy atom. The summed E-state index contributed by atoms with van der Waals surface area (Å²) in [6.45, 7) is 2.12. The van der Waals surface area contributed by atoms with E-state index < -0.39 is 17.6 Å². The van der Waals surface area contributed by atoms with Crippen LogP contribution in [0.15, 0.2) is 23.8 Å². The number of nitrogens with zero attached hydrogens (tertiary/aromatic N) is 1. The van der Waals surface area contributed by atoms with Crippen molar-refractivity contribution in [2.75, 3.05) is 6.61 Å². The van der Waals surface area contributed by atoms with Crippen molar-refractivity contribution in [3.05, 3.63) is 41.0 Å². The average molecular weight is 265 g/mol. The second-order valence-corrected chi connectivity index (χ2v) is 3.80. The first-order valence-corrected chi connectivity index (χ1v) is 5.83. The lowest BCUT2D eigenvalue weighted by Crippen LogP contribution is -2.08. The molecule has 0 saturated heterocycles. The fourth-order valence-electron chi connectivity index (χ4n) is 1.31. The topological polar surface area (TPSA) is 50.1 Å². The molecule has 0 bridgehead atoms. The number of nitriles is 1. The molecule has 0 unspecified atom stereocenters. The second-order valence-electron chi connectivity index (χ2n) is 3.80. The van der Waals surface area contributed by atoms with Gasteiger partial charge in [-0.1, -0.05) is 25.5 Å². The molecule has 3 nitrogen and oxygen atoms in total. The van der Waals surface area contributed by atoms with Crippen molar-refractivity contribution in [1.29, 1.82) is 5.26 Å². The number of hydrogen-bond donors (Lipinski definition) is 0. The van der Waals surface area contributed by atoms with Crippen molar-refractivity contribution < 1.29 is 18.3 Å². The van der Waals surface area contributed by atoms with Gasteiger partial charge in [-0.2, -0.15) is 5.26 Å². The molecule has 100 valence electrons. The minimum atomic E-state index is -1.10. The van der Waals surface area contributed by atoms with Crippen LogP contribution in [0.2, 0.25) is 0 Å². The third-order valence-corrected chi connectivity index (χ3v) is 2.35. The minimum absolute atomic E-state index is 0.163. The van der Waals surface area contributed by atoms with E-state index in [1.165, 1.54) is 12.1 Å². The first-order chi connectivity index (χ1) is 9.10. The van der Waals surface area contributed by atoms with Crippen LogP contribution in [0, 0.1) is 23.0 Å². The molecular weight excluding hydrogens is 252 g/mol. The van der Waals surface area contributed by atoms with E-state index in [1.807, 2.05) is 6.92 Å². The summed E-state index contributed by atoms with van der Waals surface area (Å²) in [5.74, 6) is -2.97. The summed E-state index contributed by atoms with van der Waals surface area (Å²) in [4.78, 5) is 11.5. The molecule has 0 aromatic heterocycles. The van der Waals surface area contributed by atoms with Crippen LogP contribution in [-0.4, -0.2) is 12.6 Å². The van der Waals surface area contributed by atoms with Gasteiger partial charge in [0.25, 0.3) is 0 Å². The van der Waals surface area contributed by atoms with Crippen molar-refractivity contribution in [1.82, 2.24) is 0 Å². The van der Waals surface area contributed by atoms with Crippen molar-refractivity contribution in [2.24, 2.45) is 0 Å². The molecule has 0 spiro atoms. The zero-order chi connectivity index (χ0) is 14.3. The number of rotatable bonds is 5. The number of carbonyl (C=O) groups is 1. The Balaban J connectivity index is 2.90. The van der Waals surface area contributed by atoms with Crippen LogP contribution in [0.5, 0.6) is 0 Å². The van der Waals surface area contributed by atoms with Gasteiger partial charge in [0.05, 0.1) is 6.61 Å². The van der Waals surface area contributed by atoms with Crippen molar-refractivity contribution >= 4 is 12.0 Å². The van der Waals surface area contributed by atoms with Gasteiger partial charge in [0.2, 0.25) is 0 Å². The van der Waals surface area contributed by atoms with E-state index in [0.29, 0.717) is 6.42 Å². The van der Waals surface area contributed by atoms with Gasteiger partial charge in [-0.3, -0.25) is 0 Å². The van der Waals surface area contributed by atoms with Crippen molar-refractivity contribution in [2.45, 2.75) is 19.8 Å². The van der Waals surface area contributed by atoms with Crippen LogP contribution in [0.3, 0.4) is 0 Å². The van der Waals surface area contributed by atoms with E-state index in [1.54, 1.807) is 6.07 Å². The monoisotopic (exact) mass is 265 g/mol. The summed E-state index contributed by atoms with van der Waals surface area (Å²) >= 11 is 0. The van der Waals surface area contributed by atoms with Crippen molar-refractivity contribution in [3.8, 4) is 6.07 Å². The predicted molar refractivity (Wildman–Crippen MR) is 65.8 cm³/mol. The number of unbranched alkanes of at least 4 members (excludes halogenated alkanes) is 1. The highest BCUT2D eigenvalue weighted by Crippen LogP contribution is 2.15. The smallest absolute Gasteiger partial charge is 0.348 e. The maximum absolute atomic E-state index is 13.4. The summed E-state index contributed by atoms with van der Waals surface area (Å²) in [5, 5.41) is 8.84. The van der Waals surface area contributed by atoms with Crippen molar-refractivity contribution in [3.63, 3.8) is 0 Å². The SMILES string of the molecule is CCCCOC(=O)/C(C#N)=C\c1cccc(F)c1F. The fourth-order valence-corrected chi connectivity index (χ4v) is 1.31. The first-order valence-electron chi connectivity index (χ1n) is 5.83. The van der Waals surface area contributed by atoms with Crippen LogP contribution < -0.4 is 0 Å². The van der Waals surface area contributed by atoms with E-state index in [9.17, 15) is 13.6 Å². The highest BCUT2D eigenvalue weighted by Gasteiger charge is 2.13. The van der Waals surface area contributed by atoms with Gasteiger partial charge in [0, 0.05) is 5.56 Å². The summed E-state index contributed by atoms with van der Waals surface area (Å²) in [5.41, 5.74) is -0.524. The lowest BCUT2D eigenvalue weighted by Gasteiger charge is -2.03. The largest absolute Gasteiger partial charge is 0.462 e. The van der Waals surface area contributed by atoms with Gasteiger partial charge in [-0.15, -0.1) is 0 Å². The third kappa shape index (κ3) is 4.18. The van der Waals surface area contributed by atoms with E-state index in [-0.39, 0.29) is 17.7 Å². The minimum Gasteiger partial charge on any atom is -0.462 e. The molecule has 0 saturated carbocycles. The zero-order valence-corrected chi connectivity index (χ0v) is 10.5. The second kappa shape index (κ2) is 7.27. The molecule has 0 aliphatic rings. The highest BCUT2D eigenvalue weighted by atomic mass is 19.2. The molecule has 0 amide bonds. The Labute approximate surface area is 110 Å². The molecule has 0 aliphatic heterocycles. The maximum Gasteiger partial charge on any atom is 0.348 e. The predicted octanol–water partition coefficient (Wildman–Crippen LogP) is 3.22. The summed E-state index contributed by atoms with van der Waals surface area (Å²) in [7, 11) is 0. The number of esters is 1. The van der Waals surface area contributed by atoms with Crippen LogP contribution in [0.25, 0.3) is 6.08 Å². The molecule has 1 rings (SSSR count). The first kappa shape index (κ1) is 14.8. The van der Waals surface area contributed by atoms with Gasteiger partial charge in [-0.25, -0.2) is 13.6 Å². The molecule has 19 heavy (non-hydrogen) atoms. The van der Waals surface area contributed by atoms with Crippen LogP contribution in [0.4, 0.5) is 8.78 Å². The Hall–Kier alpha value is -2.22. The average Bonchev–Trinajstić information content (AvgIpc) is 2.40. The van der Waals surface area contributed by atoms with Gasteiger partial charge in [0.15, 0.2) is 11.6 Å². The van der Waals surface area contributed by atoms with Crippen LogP contribution in [0.1, 0.15) is 25.3 Å². The fraction of sp³-hybridized carbons (Fsp3) is 0.286. The van der Waals surface area contributed by atoms with Crippen LogP contribution >= 0.6 is 0 Å². The normalized spacial score (nSPS) is 10.9. The van der Waals surface area contributed by atoms with Gasteiger partial charge in [0.1, 0.15) is 11.6 Å². The van der Waals surface area contributed by atoms with E-state index >= 15 is 0 Å². The summed E-state index contributed by atoms with van der Waals surface area (Å²) in [6, 6.07) is 5.14. The van der Waals surface area contributed by atoms with Gasteiger partial charge < -0.3 is 4.74 Å². The molecule has 0 aliphatic carbocycles. The van der Waals surface area contributed by atoms with E-state index in [2.05, 4.69) is 0 Å². The van der Waals surface area contributed by atoms with Gasteiger partial charge in [-0.05, 0) is 18.6 Å². The number of halogens is 2. The molecule has 1 aromatic rings. The number of hydrogen-bond acceptors (Lipinski definition) is 3. The molecular formula is C14H13F2NO2. The standard InChI is InChI=1S/C14H13F2NO2/c1-2-3-7-19-14(18)11(9-17)8-10-5-4-6-12(15)13(10)16/h4-6,8H,2-3,7H2,1H3/b11-8-. The Kier molecular flexibility index (Phi) is 5.68. The molecule has 0 heterocycles. The number of ether oxygens (including phenoxy) is 1. The number of benzene rings is 1. The molecule has 0 atom stereocenters. The molecule has 1 aromatic carbocycles. The Bertz CT molecular complexity index is 533. The highest BCUT2D eigenvalue weighted by molar-refractivity contribution is 5.97. The maximum atomic E-state index is 13.4. The third-order valence-electron chi connectivity index (χ3n) is 2.35. The zero-order valence-electron chi connectivity index (χ0n) is 10.5. The molecule has 0 N–H and O–H groups in total. The summed E-state index contributed by atoms with van der Waals surface area (Å²) < 4.78 is 31.2. The van der Waals surface area contributed by atoms with Crippen LogP contribution in [-0.2, 0) is 9.53 Å². The summed E-state index contributed by atoms with van der Waals surface area (Å²) in [6.07, 6.45) is 2.50. The number of carbonyl (C=O) groups excluding carboxylic acids is 1.